The smallest absolute Gasteiger partial charge is 0.276 e. The van der Waals surface area contributed by atoms with Gasteiger partial charge < -0.3 is 19.5 Å². The minimum atomic E-state index is -0.520. The first-order chi connectivity index (χ1) is 14.6. The Morgan fingerprint density at radius 1 is 1.19 bits per heavy atom. The summed E-state index contributed by atoms with van der Waals surface area (Å²) in [6.45, 7) is 12.9. The lowest BCUT2D eigenvalue weighted by Gasteiger charge is -2.31. The lowest BCUT2D eigenvalue weighted by Crippen LogP contribution is -2.48. The van der Waals surface area contributed by atoms with Crippen molar-refractivity contribution < 1.29 is 14.1 Å². The van der Waals surface area contributed by atoms with Crippen LogP contribution in [0.3, 0.4) is 0 Å². The second-order valence-electron chi connectivity index (χ2n) is 8.77. The zero-order chi connectivity index (χ0) is 23.6. The van der Waals surface area contributed by atoms with Gasteiger partial charge in [0.2, 0.25) is 0 Å². The molecule has 0 aliphatic rings. The second kappa shape index (κ2) is 13.3. The van der Waals surface area contributed by atoms with Gasteiger partial charge in [-0.15, -0.1) is 0 Å². The monoisotopic (exact) mass is 449 g/mol. The zero-order valence-corrected chi connectivity index (χ0v) is 20.4. The van der Waals surface area contributed by atoms with E-state index in [2.05, 4.69) is 31.2 Å². The summed E-state index contributed by atoms with van der Waals surface area (Å²) in [6, 6.07) is 8.26. The van der Waals surface area contributed by atoms with Gasteiger partial charge in [0, 0.05) is 24.2 Å². The first kappa shape index (κ1) is 26.9. The molecule has 1 N–H and O–H groups in total. The third-order valence-electron chi connectivity index (χ3n) is 4.36. The minimum absolute atomic E-state index is 0.0264. The van der Waals surface area contributed by atoms with E-state index < -0.39 is 6.04 Å². The van der Waals surface area contributed by atoms with Gasteiger partial charge in [0.25, 0.3) is 5.91 Å². The van der Waals surface area contributed by atoms with Gasteiger partial charge in [-0.3, -0.25) is 4.79 Å². The molecule has 6 nitrogen and oxygen atoms in total. The van der Waals surface area contributed by atoms with E-state index in [0.29, 0.717) is 29.3 Å². The van der Waals surface area contributed by atoms with Crippen molar-refractivity contribution in [3.63, 3.8) is 0 Å². The maximum atomic E-state index is 13.1. The van der Waals surface area contributed by atoms with Gasteiger partial charge in [-0.2, -0.15) is 0 Å². The van der Waals surface area contributed by atoms with E-state index in [1.165, 1.54) is 0 Å². The summed E-state index contributed by atoms with van der Waals surface area (Å²) in [4.78, 5) is 26.3. The van der Waals surface area contributed by atoms with Crippen LogP contribution in [-0.2, 0) is 4.79 Å². The van der Waals surface area contributed by atoms with Crippen molar-refractivity contribution in [2.45, 2.75) is 60.0 Å². The van der Waals surface area contributed by atoms with Crippen LogP contribution in [0, 0.1) is 11.8 Å². The molecule has 2 rings (SSSR count). The number of rotatable bonds is 9. The van der Waals surface area contributed by atoms with E-state index in [0.717, 1.165) is 12.2 Å². The predicted molar refractivity (Wildman–Crippen MR) is 126 cm³/mol. The number of benzene rings is 1. The maximum Gasteiger partial charge on any atom is 0.276 e. The average molecular weight is 450 g/mol. The van der Waals surface area contributed by atoms with Crippen LogP contribution in [0.2, 0.25) is 5.02 Å². The van der Waals surface area contributed by atoms with E-state index in [9.17, 15) is 9.59 Å². The lowest BCUT2D eigenvalue weighted by molar-refractivity contribution is -0.112. The van der Waals surface area contributed by atoms with Crippen molar-refractivity contribution in [2.75, 3.05) is 13.6 Å². The van der Waals surface area contributed by atoms with E-state index in [-0.39, 0.29) is 23.6 Å². The van der Waals surface area contributed by atoms with Crippen LogP contribution in [0.25, 0.3) is 11.3 Å². The average Bonchev–Trinajstić information content (AvgIpc) is 3.19. The van der Waals surface area contributed by atoms with Crippen LogP contribution in [-0.4, -0.2) is 47.9 Å². The molecule has 0 saturated heterocycles. The zero-order valence-electron chi connectivity index (χ0n) is 19.7. The Morgan fingerprint density at radius 3 is 2.32 bits per heavy atom. The van der Waals surface area contributed by atoms with E-state index in [1.54, 1.807) is 23.1 Å². The summed E-state index contributed by atoms with van der Waals surface area (Å²) in [6.07, 6.45) is 1.41. The number of nitrogens with one attached hydrogen (secondary N) is 1. The molecule has 2 atom stereocenters. The molecule has 2 unspecified atom stereocenters. The number of carbonyl (C=O) groups excluding carboxylic acids is 2. The molecule has 172 valence electrons. The first-order valence-electron chi connectivity index (χ1n) is 10.8. The highest BCUT2D eigenvalue weighted by Crippen LogP contribution is 2.28. The van der Waals surface area contributed by atoms with Crippen LogP contribution in [0.1, 0.15) is 58.5 Å². The van der Waals surface area contributed by atoms with Gasteiger partial charge in [-0.05, 0) is 44.4 Å². The summed E-state index contributed by atoms with van der Waals surface area (Å²) < 4.78 is 5.34. The molecule has 7 heteroatoms. The predicted octanol–water partition coefficient (Wildman–Crippen LogP) is 5.32. The molecule has 0 saturated carbocycles. The highest BCUT2D eigenvalue weighted by atomic mass is 35.5. The molecule has 1 aromatic heterocycles. The number of aromatic nitrogens is 1. The minimum Gasteiger partial charge on any atom is -0.355 e. The molecule has 0 spiro atoms. The van der Waals surface area contributed by atoms with E-state index in [1.807, 2.05) is 40.0 Å². The Labute approximate surface area is 191 Å². The SMILES string of the molecule is CC(C)C.CNC(C)CN(C(=O)c1cc(-c2ccccc2Cl)on1)C(C=O)CC(C)C. The Balaban J connectivity index is 0.00000110. The standard InChI is InChI=1S/C20H26ClN3O3.C4H10/c1-13(2)9-15(12-25)24(11-14(3)22-4)20(26)18-10-19(27-23-18)16-7-5-6-8-17(16)21;1-4(2)3/h5-8,10,12-15,22H,9,11H2,1-4H3;4H,1-3H3. The fourth-order valence-corrected chi connectivity index (χ4v) is 3.03. The van der Waals surface area contributed by atoms with E-state index in [4.69, 9.17) is 16.1 Å². The van der Waals surface area contributed by atoms with Crippen molar-refractivity contribution in [3.05, 3.63) is 41.0 Å². The lowest BCUT2D eigenvalue weighted by atomic mass is 10.0. The molecule has 0 aliphatic carbocycles. The summed E-state index contributed by atoms with van der Waals surface area (Å²) in [5.74, 6) is 1.19. The van der Waals surface area contributed by atoms with Gasteiger partial charge >= 0.3 is 0 Å². The Kier molecular flexibility index (Phi) is 11.5. The fourth-order valence-electron chi connectivity index (χ4n) is 2.81. The molecule has 2 aromatic rings. The van der Waals surface area contributed by atoms with Gasteiger partial charge in [-0.25, -0.2) is 0 Å². The number of hydrogen-bond donors (Lipinski definition) is 1. The molecule has 1 heterocycles. The second-order valence-corrected chi connectivity index (χ2v) is 9.18. The topological polar surface area (TPSA) is 75.4 Å². The van der Waals surface area contributed by atoms with Crippen LogP contribution < -0.4 is 5.32 Å². The van der Waals surface area contributed by atoms with Crippen LogP contribution in [0.15, 0.2) is 34.9 Å². The van der Waals surface area contributed by atoms with Gasteiger partial charge in [0.15, 0.2) is 11.5 Å². The number of nitrogens with zero attached hydrogens (tertiary/aromatic N) is 2. The van der Waals surface area contributed by atoms with Crippen molar-refractivity contribution in [1.29, 1.82) is 0 Å². The third-order valence-corrected chi connectivity index (χ3v) is 4.69. The molecule has 0 radical (unpaired) electrons. The van der Waals surface area contributed by atoms with Crippen molar-refractivity contribution in [1.82, 2.24) is 15.4 Å². The van der Waals surface area contributed by atoms with Gasteiger partial charge in [0.05, 0.1) is 11.1 Å². The van der Waals surface area contributed by atoms with Crippen LogP contribution >= 0.6 is 11.6 Å². The Morgan fingerprint density at radius 2 is 1.81 bits per heavy atom. The van der Waals surface area contributed by atoms with Gasteiger partial charge in [0.1, 0.15) is 6.29 Å². The Hall–Kier alpha value is -2.18. The molecule has 0 fully saturated rings. The van der Waals surface area contributed by atoms with Crippen molar-refractivity contribution in [3.8, 4) is 11.3 Å². The van der Waals surface area contributed by atoms with Crippen molar-refractivity contribution in [2.24, 2.45) is 11.8 Å². The summed E-state index contributed by atoms with van der Waals surface area (Å²) in [7, 11) is 1.82. The van der Waals surface area contributed by atoms with Crippen LogP contribution in [0.4, 0.5) is 0 Å². The number of halogens is 1. The molecular formula is C24H36ClN3O3. The number of hydrogen-bond acceptors (Lipinski definition) is 5. The Bertz CT molecular complexity index is 817. The van der Waals surface area contributed by atoms with Gasteiger partial charge in [-0.1, -0.05) is 63.5 Å². The molecular weight excluding hydrogens is 414 g/mol. The van der Waals surface area contributed by atoms with Crippen molar-refractivity contribution >= 4 is 23.8 Å². The van der Waals surface area contributed by atoms with Crippen LogP contribution in [0.5, 0.6) is 0 Å². The molecule has 1 amide bonds. The first-order valence-corrected chi connectivity index (χ1v) is 11.1. The fraction of sp³-hybridized carbons (Fsp3) is 0.542. The number of amides is 1. The molecule has 0 aliphatic heterocycles. The largest absolute Gasteiger partial charge is 0.355 e. The number of carbonyl (C=O) groups is 2. The molecule has 0 bridgehead atoms. The normalized spacial score (nSPS) is 12.8. The summed E-state index contributed by atoms with van der Waals surface area (Å²) in [5.41, 5.74) is 0.818. The highest BCUT2D eigenvalue weighted by Gasteiger charge is 2.29. The number of aldehydes is 1. The molecule has 31 heavy (non-hydrogen) atoms. The quantitative estimate of drug-likeness (QED) is 0.524. The highest BCUT2D eigenvalue weighted by molar-refractivity contribution is 6.33. The van der Waals surface area contributed by atoms with E-state index >= 15 is 0 Å². The molecule has 1 aromatic carbocycles. The summed E-state index contributed by atoms with van der Waals surface area (Å²) >= 11 is 6.19. The third kappa shape index (κ3) is 8.83. The maximum absolute atomic E-state index is 13.1. The summed E-state index contributed by atoms with van der Waals surface area (Å²) in [5, 5.41) is 7.54. The number of likely N-dealkylation sites (N-methyl/N-ethyl adjacent to an activating group) is 1.